The first-order valence-corrected chi connectivity index (χ1v) is 3.53. The lowest BCUT2D eigenvalue weighted by atomic mass is 10.1. The highest BCUT2D eigenvalue weighted by molar-refractivity contribution is 5.78. The van der Waals surface area contributed by atoms with Crippen molar-refractivity contribution >= 4 is 5.78 Å². The van der Waals surface area contributed by atoms with E-state index in [4.69, 9.17) is 0 Å². The second-order valence-electron chi connectivity index (χ2n) is 2.61. The molecule has 0 aliphatic carbocycles. The van der Waals surface area contributed by atoms with Crippen molar-refractivity contribution in [1.29, 1.82) is 0 Å². The molecule has 1 aromatic carbocycles. The molecule has 1 rings (SSSR count). The van der Waals surface area contributed by atoms with E-state index in [0.717, 1.165) is 12.1 Å². The summed E-state index contributed by atoms with van der Waals surface area (Å²) in [6.45, 7) is 1.36. The molecule has 0 atom stereocenters. The molecule has 64 valence electrons. The minimum atomic E-state index is -0.662. The largest absolute Gasteiger partial charge is 0.300 e. The van der Waals surface area contributed by atoms with E-state index in [9.17, 15) is 13.6 Å². The normalized spacial score (nSPS) is 9.92. The van der Waals surface area contributed by atoms with Crippen LogP contribution in [-0.2, 0) is 11.2 Å². The summed E-state index contributed by atoms with van der Waals surface area (Å²) in [5.41, 5.74) is 0.240. The van der Waals surface area contributed by atoms with Crippen LogP contribution in [0.15, 0.2) is 18.2 Å². The van der Waals surface area contributed by atoms with Crippen molar-refractivity contribution in [2.45, 2.75) is 13.3 Å². The van der Waals surface area contributed by atoms with Gasteiger partial charge in [0.2, 0.25) is 0 Å². The predicted molar refractivity (Wildman–Crippen MR) is 40.7 cm³/mol. The van der Waals surface area contributed by atoms with Crippen LogP contribution in [0.4, 0.5) is 8.78 Å². The number of rotatable bonds is 2. The molecule has 0 N–H and O–H groups in total. The van der Waals surface area contributed by atoms with Gasteiger partial charge in [-0.2, -0.15) is 0 Å². The minimum Gasteiger partial charge on any atom is -0.300 e. The molecule has 0 spiro atoms. The Bertz CT molecular complexity index is 307. The van der Waals surface area contributed by atoms with Crippen molar-refractivity contribution in [3.8, 4) is 0 Å². The number of benzene rings is 1. The van der Waals surface area contributed by atoms with E-state index in [0.29, 0.717) is 0 Å². The molecule has 1 aromatic rings. The molecule has 3 heteroatoms. The third kappa shape index (κ3) is 2.12. The fourth-order valence-electron chi connectivity index (χ4n) is 0.933. The Morgan fingerprint density at radius 1 is 1.42 bits per heavy atom. The number of Topliss-reactive ketones (excluding diaryl/α,β-unsaturated/α-hetero) is 1. The highest BCUT2D eigenvalue weighted by Gasteiger charge is 2.05. The van der Waals surface area contributed by atoms with Gasteiger partial charge in [0.15, 0.2) is 0 Å². The first-order chi connectivity index (χ1) is 5.59. The topological polar surface area (TPSA) is 17.1 Å². The zero-order chi connectivity index (χ0) is 9.14. The zero-order valence-electron chi connectivity index (χ0n) is 6.60. The van der Waals surface area contributed by atoms with Gasteiger partial charge in [-0.3, -0.25) is 4.79 Å². The summed E-state index contributed by atoms with van der Waals surface area (Å²) >= 11 is 0. The van der Waals surface area contributed by atoms with Crippen molar-refractivity contribution in [3.63, 3.8) is 0 Å². The molecule has 0 radical (unpaired) electrons. The third-order valence-electron chi connectivity index (χ3n) is 1.45. The summed E-state index contributed by atoms with van der Waals surface area (Å²) in [6.07, 6.45) is 0.0200. The Morgan fingerprint density at radius 3 is 2.58 bits per heavy atom. The summed E-state index contributed by atoms with van der Waals surface area (Å²) < 4.78 is 25.2. The van der Waals surface area contributed by atoms with Gasteiger partial charge in [0.25, 0.3) is 0 Å². The highest BCUT2D eigenvalue weighted by atomic mass is 19.1. The Morgan fingerprint density at radius 2 is 2.08 bits per heavy atom. The van der Waals surface area contributed by atoms with Crippen LogP contribution >= 0.6 is 0 Å². The van der Waals surface area contributed by atoms with Crippen molar-refractivity contribution in [2.24, 2.45) is 0 Å². The summed E-state index contributed by atoms with van der Waals surface area (Å²) in [6, 6.07) is 3.20. The van der Waals surface area contributed by atoms with E-state index in [-0.39, 0.29) is 17.8 Å². The number of halogens is 2. The highest BCUT2D eigenvalue weighted by Crippen LogP contribution is 2.09. The molecule has 0 bridgehead atoms. The van der Waals surface area contributed by atoms with Gasteiger partial charge < -0.3 is 0 Å². The van der Waals surface area contributed by atoms with Gasteiger partial charge in [-0.1, -0.05) is 6.07 Å². The van der Waals surface area contributed by atoms with Crippen molar-refractivity contribution in [2.75, 3.05) is 0 Å². The summed E-state index contributed by atoms with van der Waals surface area (Å²) in [7, 11) is 0. The third-order valence-corrected chi connectivity index (χ3v) is 1.45. The van der Waals surface area contributed by atoms with Crippen molar-refractivity contribution in [3.05, 3.63) is 35.4 Å². The van der Waals surface area contributed by atoms with Crippen LogP contribution in [0.5, 0.6) is 0 Å². The van der Waals surface area contributed by atoms with Gasteiger partial charge in [0.1, 0.15) is 17.4 Å². The lowest BCUT2D eigenvalue weighted by molar-refractivity contribution is -0.116. The van der Waals surface area contributed by atoms with Gasteiger partial charge in [0.05, 0.1) is 0 Å². The average molecular weight is 170 g/mol. The smallest absolute Gasteiger partial charge is 0.134 e. The van der Waals surface area contributed by atoms with Crippen LogP contribution in [-0.4, -0.2) is 5.78 Å². The number of carbonyl (C=O) groups is 1. The maximum Gasteiger partial charge on any atom is 0.134 e. The molecular weight excluding hydrogens is 162 g/mol. The summed E-state index contributed by atoms with van der Waals surface area (Å²) in [5.74, 6) is -1.43. The molecule has 12 heavy (non-hydrogen) atoms. The molecular formula is C9H8F2O. The summed E-state index contributed by atoms with van der Waals surface area (Å²) in [5, 5.41) is 0. The standard InChI is InChI=1S/C9H8F2O/c1-6(12)4-7-2-3-8(10)5-9(7)11/h2-3,5H,4H2,1H3. The van der Waals surface area contributed by atoms with Crippen LogP contribution in [0, 0.1) is 11.6 Å². The SMILES string of the molecule is CC(=O)Cc1ccc(F)cc1F. The van der Waals surface area contributed by atoms with Gasteiger partial charge >= 0.3 is 0 Å². The quantitative estimate of drug-likeness (QED) is 0.664. The first kappa shape index (κ1) is 8.84. The fourth-order valence-corrected chi connectivity index (χ4v) is 0.933. The molecule has 0 aliphatic rings. The Kier molecular flexibility index (Phi) is 2.53. The maximum absolute atomic E-state index is 12.8. The lowest BCUT2D eigenvalue weighted by Gasteiger charge is -1.98. The summed E-state index contributed by atoms with van der Waals surface area (Å²) in [4.78, 5) is 10.6. The number of ketones is 1. The van der Waals surface area contributed by atoms with Gasteiger partial charge in [-0.15, -0.1) is 0 Å². The number of hydrogen-bond acceptors (Lipinski definition) is 1. The number of hydrogen-bond donors (Lipinski definition) is 0. The second-order valence-corrected chi connectivity index (χ2v) is 2.61. The lowest BCUT2D eigenvalue weighted by Crippen LogP contribution is -1.99. The molecule has 0 saturated heterocycles. The van der Waals surface area contributed by atoms with E-state index < -0.39 is 11.6 Å². The van der Waals surface area contributed by atoms with Crippen LogP contribution in [0.3, 0.4) is 0 Å². The Labute approximate surface area is 69.0 Å². The Hall–Kier alpha value is -1.25. The predicted octanol–water partition coefficient (Wildman–Crippen LogP) is 2.10. The minimum absolute atomic E-state index is 0.0200. The molecule has 1 nitrogen and oxygen atoms in total. The van der Waals surface area contributed by atoms with Crippen LogP contribution in [0.1, 0.15) is 12.5 Å². The molecule has 0 aromatic heterocycles. The van der Waals surface area contributed by atoms with E-state index in [1.54, 1.807) is 0 Å². The van der Waals surface area contributed by atoms with Crippen LogP contribution in [0.25, 0.3) is 0 Å². The number of carbonyl (C=O) groups excluding carboxylic acids is 1. The van der Waals surface area contributed by atoms with E-state index >= 15 is 0 Å². The van der Waals surface area contributed by atoms with E-state index in [1.165, 1.54) is 13.0 Å². The van der Waals surface area contributed by atoms with Gasteiger partial charge in [-0.05, 0) is 18.6 Å². The van der Waals surface area contributed by atoms with Crippen molar-refractivity contribution < 1.29 is 13.6 Å². The average Bonchev–Trinajstić information content (AvgIpc) is 1.94. The van der Waals surface area contributed by atoms with Crippen molar-refractivity contribution in [1.82, 2.24) is 0 Å². The molecule has 0 unspecified atom stereocenters. The fraction of sp³-hybridized carbons (Fsp3) is 0.222. The monoisotopic (exact) mass is 170 g/mol. The van der Waals surface area contributed by atoms with Gasteiger partial charge in [-0.25, -0.2) is 8.78 Å². The van der Waals surface area contributed by atoms with E-state index in [1.807, 2.05) is 0 Å². The maximum atomic E-state index is 12.8. The molecule has 0 heterocycles. The zero-order valence-corrected chi connectivity index (χ0v) is 6.60. The Balaban J connectivity index is 2.93. The molecule has 0 aliphatic heterocycles. The molecule has 0 amide bonds. The van der Waals surface area contributed by atoms with E-state index in [2.05, 4.69) is 0 Å². The first-order valence-electron chi connectivity index (χ1n) is 3.53. The second kappa shape index (κ2) is 3.43. The van der Waals surface area contributed by atoms with Crippen LogP contribution < -0.4 is 0 Å². The molecule has 0 fully saturated rings. The molecule has 0 saturated carbocycles. The van der Waals surface area contributed by atoms with Gasteiger partial charge in [0, 0.05) is 12.5 Å². The van der Waals surface area contributed by atoms with Crippen LogP contribution in [0.2, 0.25) is 0 Å².